The molecule has 58 valence electrons. The van der Waals surface area contributed by atoms with Gasteiger partial charge < -0.3 is 0 Å². The Kier molecular flexibility index (Phi) is 4.30. The summed E-state index contributed by atoms with van der Waals surface area (Å²) < 4.78 is 3.50. The van der Waals surface area contributed by atoms with E-state index >= 15 is 0 Å². The number of hydrogen-bond acceptors (Lipinski definition) is 1. The van der Waals surface area contributed by atoms with Crippen molar-refractivity contribution in [2.45, 2.75) is 0 Å². The van der Waals surface area contributed by atoms with E-state index in [1.165, 1.54) is 3.61 Å². The monoisotopic (exact) mass is 264 g/mol. The minimum absolute atomic E-state index is 0.164. The van der Waals surface area contributed by atoms with E-state index in [1.807, 2.05) is 24.3 Å². The van der Waals surface area contributed by atoms with Crippen molar-refractivity contribution in [1.82, 2.24) is 0 Å². The van der Waals surface area contributed by atoms with Crippen LogP contribution in [0.15, 0.2) is 40.5 Å². The van der Waals surface area contributed by atoms with E-state index in [-0.39, 0.29) is 27.5 Å². The fourth-order valence-corrected chi connectivity index (χ4v) is 2.53. The zero-order valence-corrected chi connectivity index (χ0v) is 8.43. The maximum atomic E-state index is 8.48. The summed E-state index contributed by atoms with van der Waals surface area (Å²) in [5, 5.41) is 8.48. The molecule has 1 aromatic rings. The van der Waals surface area contributed by atoms with Gasteiger partial charge in [-0.05, 0) is 0 Å². The second-order valence-electron chi connectivity index (χ2n) is 1.99. The van der Waals surface area contributed by atoms with Crippen molar-refractivity contribution in [2.24, 2.45) is 0 Å². The zero-order chi connectivity index (χ0) is 7.94. The molecule has 0 aliphatic carbocycles. The van der Waals surface area contributed by atoms with Gasteiger partial charge in [-0.1, -0.05) is 0 Å². The van der Waals surface area contributed by atoms with Gasteiger partial charge in [0, 0.05) is 0 Å². The third kappa shape index (κ3) is 3.57. The molecule has 0 spiro atoms. The maximum absolute atomic E-state index is 8.48. The van der Waals surface area contributed by atoms with E-state index in [9.17, 15) is 0 Å². The molecule has 11 heavy (non-hydrogen) atoms. The number of aliphatic hydroxyl groups excluding tert-OH is 1. The van der Waals surface area contributed by atoms with Crippen LogP contribution in [0.3, 0.4) is 0 Å². The predicted molar refractivity (Wildman–Crippen MR) is 48.1 cm³/mol. The van der Waals surface area contributed by atoms with Crippen molar-refractivity contribution < 1.29 is 5.11 Å². The summed E-state index contributed by atoms with van der Waals surface area (Å²) in [6, 6.07) is 10.4. The Balaban J connectivity index is 2.45. The second kappa shape index (κ2) is 5.37. The van der Waals surface area contributed by atoms with Crippen LogP contribution in [0.1, 0.15) is 0 Å². The van der Waals surface area contributed by atoms with E-state index in [1.54, 1.807) is 0 Å². The first-order valence-electron chi connectivity index (χ1n) is 3.41. The molecule has 1 rings (SSSR count). The average Bonchev–Trinajstić information content (AvgIpc) is 2.07. The number of hydrogen-bond donors (Lipinski definition) is 1. The molecule has 0 heterocycles. The third-order valence-corrected chi connectivity index (χ3v) is 3.64. The van der Waals surface area contributed by atoms with Crippen LogP contribution >= 0.6 is 0 Å². The van der Waals surface area contributed by atoms with Crippen molar-refractivity contribution in [3.8, 4) is 0 Å². The normalized spacial score (nSPS) is 10.6. The first-order chi connectivity index (χ1) is 5.43. The van der Waals surface area contributed by atoms with Crippen LogP contribution in [-0.2, 0) is 0 Å². The van der Waals surface area contributed by atoms with Crippen molar-refractivity contribution in [3.63, 3.8) is 0 Å². The Morgan fingerprint density at radius 2 is 2.00 bits per heavy atom. The van der Waals surface area contributed by atoms with Crippen LogP contribution < -0.4 is 3.61 Å². The van der Waals surface area contributed by atoms with Gasteiger partial charge in [0.05, 0.1) is 0 Å². The molecular formula is C9H10OTe. The summed E-state index contributed by atoms with van der Waals surface area (Å²) in [5.41, 5.74) is 0. The molecule has 0 amide bonds. The van der Waals surface area contributed by atoms with Crippen LogP contribution in [0.5, 0.6) is 0 Å². The van der Waals surface area contributed by atoms with Gasteiger partial charge in [-0.3, -0.25) is 0 Å². The van der Waals surface area contributed by atoms with Gasteiger partial charge in [-0.2, -0.15) is 0 Å². The molecule has 0 atom stereocenters. The van der Waals surface area contributed by atoms with Crippen LogP contribution in [0.25, 0.3) is 0 Å². The molecule has 1 nitrogen and oxygen atoms in total. The Morgan fingerprint density at radius 1 is 1.27 bits per heavy atom. The fourth-order valence-electron chi connectivity index (χ4n) is 0.669. The van der Waals surface area contributed by atoms with Gasteiger partial charge in [0.1, 0.15) is 0 Å². The van der Waals surface area contributed by atoms with E-state index in [4.69, 9.17) is 5.11 Å². The van der Waals surface area contributed by atoms with E-state index in [0.29, 0.717) is 0 Å². The third-order valence-electron chi connectivity index (χ3n) is 1.15. The van der Waals surface area contributed by atoms with Crippen molar-refractivity contribution in [2.75, 3.05) is 6.61 Å². The average molecular weight is 262 g/mol. The number of rotatable bonds is 3. The van der Waals surface area contributed by atoms with Crippen molar-refractivity contribution in [1.29, 1.82) is 0 Å². The van der Waals surface area contributed by atoms with Gasteiger partial charge in [-0.15, -0.1) is 0 Å². The first-order valence-corrected chi connectivity index (χ1v) is 5.92. The molecule has 0 aromatic heterocycles. The Labute approximate surface area is 76.8 Å². The van der Waals surface area contributed by atoms with Gasteiger partial charge >= 0.3 is 76.8 Å². The molecule has 0 unspecified atom stereocenters. The quantitative estimate of drug-likeness (QED) is 0.787. The molecule has 0 fully saturated rings. The van der Waals surface area contributed by atoms with Gasteiger partial charge in [0.25, 0.3) is 0 Å². The standard InChI is InChI=1S/C9H10OTe/c10-7-4-8-11-9-5-2-1-3-6-9/h1-6,8,10H,7H2/b8-4-. The molecule has 0 aliphatic rings. The fraction of sp³-hybridized carbons (Fsp3) is 0.111. The van der Waals surface area contributed by atoms with Gasteiger partial charge in [0.15, 0.2) is 0 Å². The molecular weight excluding hydrogens is 252 g/mol. The van der Waals surface area contributed by atoms with E-state index in [2.05, 4.69) is 16.3 Å². The van der Waals surface area contributed by atoms with Gasteiger partial charge in [0.2, 0.25) is 0 Å². The SMILES string of the molecule is OC/C=C\[Te]c1ccccc1. The molecule has 0 saturated carbocycles. The summed E-state index contributed by atoms with van der Waals surface area (Å²) in [6.07, 6.45) is 1.81. The molecule has 0 bridgehead atoms. The summed E-state index contributed by atoms with van der Waals surface area (Å²) in [7, 11) is 0. The summed E-state index contributed by atoms with van der Waals surface area (Å²) >= 11 is -0.188. The number of benzene rings is 1. The first kappa shape index (κ1) is 8.80. The zero-order valence-electron chi connectivity index (χ0n) is 6.10. The van der Waals surface area contributed by atoms with Crippen LogP contribution in [0, 0.1) is 0 Å². The van der Waals surface area contributed by atoms with Crippen LogP contribution in [0.4, 0.5) is 0 Å². The topological polar surface area (TPSA) is 20.2 Å². The molecule has 1 aromatic carbocycles. The van der Waals surface area contributed by atoms with Crippen molar-refractivity contribution in [3.05, 3.63) is 40.5 Å². The van der Waals surface area contributed by atoms with Crippen LogP contribution in [-0.4, -0.2) is 32.6 Å². The summed E-state index contributed by atoms with van der Waals surface area (Å²) in [6.45, 7) is 0.164. The van der Waals surface area contributed by atoms with Gasteiger partial charge in [-0.25, -0.2) is 0 Å². The molecule has 0 saturated heterocycles. The summed E-state index contributed by atoms with van der Waals surface area (Å²) in [4.78, 5) is 0. The van der Waals surface area contributed by atoms with Crippen molar-refractivity contribution >= 4 is 24.5 Å². The molecule has 0 radical (unpaired) electrons. The molecule has 2 heteroatoms. The molecule has 0 aliphatic heterocycles. The molecule has 1 N–H and O–H groups in total. The predicted octanol–water partition coefficient (Wildman–Crippen LogP) is 0.522. The summed E-state index contributed by atoms with van der Waals surface area (Å²) in [5.74, 6) is 0. The van der Waals surface area contributed by atoms with E-state index < -0.39 is 0 Å². The van der Waals surface area contributed by atoms with E-state index in [0.717, 1.165) is 0 Å². The Morgan fingerprint density at radius 3 is 2.64 bits per heavy atom. The Bertz CT molecular complexity index is 218. The Hall–Kier alpha value is -0.290. The minimum atomic E-state index is -0.188. The number of aliphatic hydroxyl groups is 1. The second-order valence-corrected chi connectivity index (χ2v) is 4.78. The van der Waals surface area contributed by atoms with Crippen LogP contribution in [0.2, 0.25) is 0 Å².